The molecule has 0 aliphatic heterocycles. The summed E-state index contributed by atoms with van der Waals surface area (Å²) >= 11 is 6.62. The van der Waals surface area contributed by atoms with Crippen LogP contribution >= 0.6 is 11.6 Å². The number of aryl methyl sites for hydroxylation is 1. The third-order valence-corrected chi connectivity index (χ3v) is 5.20. The third kappa shape index (κ3) is 4.42. The van der Waals surface area contributed by atoms with Crippen LogP contribution in [-0.2, 0) is 17.3 Å². The van der Waals surface area contributed by atoms with Gasteiger partial charge in [-0.15, -0.1) is 0 Å². The first-order valence-corrected chi connectivity index (χ1v) is 10.2. The van der Waals surface area contributed by atoms with Gasteiger partial charge in [0, 0.05) is 32.3 Å². The summed E-state index contributed by atoms with van der Waals surface area (Å²) in [5.74, 6) is 1.83. The Morgan fingerprint density at radius 2 is 2.09 bits per heavy atom. The highest BCUT2D eigenvalue weighted by molar-refractivity contribution is 6.36. The van der Waals surface area contributed by atoms with Gasteiger partial charge in [-0.1, -0.05) is 11.6 Å². The lowest BCUT2D eigenvalue weighted by atomic mass is 9.92. The second-order valence-corrected chi connectivity index (χ2v) is 8.17. The minimum absolute atomic E-state index is 0.240. The zero-order chi connectivity index (χ0) is 23.8. The first-order chi connectivity index (χ1) is 15.7. The fraction of sp³-hybridized carbons (Fsp3) is 0.238. The van der Waals surface area contributed by atoms with Crippen LogP contribution in [0.4, 0.5) is 17.6 Å². The maximum absolute atomic E-state index is 11.3. The third-order valence-electron chi connectivity index (χ3n) is 4.84. The molecule has 12 heteroatoms. The van der Waals surface area contributed by atoms with Gasteiger partial charge in [0.25, 0.3) is 0 Å². The van der Waals surface area contributed by atoms with E-state index in [4.69, 9.17) is 16.3 Å². The molecule has 0 aliphatic carbocycles. The highest BCUT2D eigenvalue weighted by Crippen LogP contribution is 2.36. The molecule has 0 bridgehead atoms. The van der Waals surface area contributed by atoms with Crippen LogP contribution in [0.25, 0.3) is 11.2 Å². The summed E-state index contributed by atoms with van der Waals surface area (Å²) < 4.78 is 7.61. The van der Waals surface area contributed by atoms with Crippen molar-refractivity contribution in [1.29, 1.82) is 5.26 Å². The number of anilines is 3. The predicted octanol–water partition coefficient (Wildman–Crippen LogP) is 4.04. The second kappa shape index (κ2) is 8.40. The van der Waals surface area contributed by atoms with E-state index in [0.717, 1.165) is 0 Å². The number of carbonyl (C=O) groups is 1. The zero-order valence-corrected chi connectivity index (χ0v) is 19.0. The number of pyridine rings is 2. The number of amides is 1. The summed E-state index contributed by atoms with van der Waals surface area (Å²) in [7, 11) is 1.78. The molecule has 0 spiro atoms. The van der Waals surface area contributed by atoms with Gasteiger partial charge in [0.15, 0.2) is 17.2 Å². The van der Waals surface area contributed by atoms with E-state index >= 15 is 0 Å². The van der Waals surface area contributed by atoms with E-state index in [0.29, 0.717) is 51.0 Å². The highest BCUT2D eigenvalue weighted by atomic mass is 35.5. The first-order valence-electron chi connectivity index (χ1n) is 9.84. The number of aromatic amines is 1. The van der Waals surface area contributed by atoms with E-state index < -0.39 is 5.41 Å². The Morgan fingerprint density at radius 1 is 1.30 bits per heavy atom. The van der Waals surface area contributed by atoms with Crippen LogP contribution in [0, 0.1) is 11.3 Å². The number of hydrogen-bond acceptors (Lipinski definition) is 8. The molecular formula is C21H20ClN9O2. The lowest BCUT2D eigenvalue weighted by Gasteiger charge is -2.11. The SMILES string of the molecule is CC(=O)Nc1cc(Oc2cnc3nc(Nc4cc(C(C)(C)C#N)[nH]n4)n(C)c3c2Cl)ccn1. The van der Waals surface area contributed by atoms with E-state index in [1.165, 1.54) is 19.3 Å². The summed E-state index contributed by atoms with van der Waals surface area (Å²) in [6.45, 7) is 4.99. The number of imidazole rings is 1. The number of fused-ring (bicyclic) bond motifs is 1. The molecule has 0 radical (unpaired) electrons. The average molecular weight is 466 g/mol. The molecule has 0 aromatic carbocycles. The van der Waals surface area contributed by atoms with Crippen molar-refractivity contribution in [3.63, 3.8) is 0 Å². The molecule has 0 unspecified atom stereocenters. The molecule has 0 saturated carbocycles. The molecule has 33 heavy (non-hydrogen) atoms. The standard InChI is InChI=1S/C21H20ClN9O2/c1-11(32)26-15-7-12(5-6-24-15)33-13-9-25-19-18(17(13)22)31(4)20(28-19)27-16-8-14(29-30-16)21(2,3)10-23/h5-9H,1-4H3,(H,24,26,32)(H2,25,27,28,29,30). The molecule has 0 atom stereocenters. The summed E-state index contributed by atoms with van der Waals surface area (Å²) in [5, 5.41) is 22.4. The second-order valence-electron chi connectivity index (χ2n) is 7.79. The first kappa shape index (κ1) is 22.0. The molecule has 168 valence electrons. The number of halogens is 1. The van der Waals surface area contributed by atoms with Gasteiger partial charge in [0.1, 0.15) is 22.1 Å². The van der Waals surface area contributed by atoms with Gasteiger partial charge in [0.05, 0.1) is 23.4 Å². The normalized spacial score (nSPS) is 11.3. The van der Waals surface area contributed by atoms with Gasteiger partial charge in [-0.25, -0.2) is 9.97 Å². The number of carbonyl (C=O) groups excluding carboxylic acids is 1. The summed E-state index contributed by atoms with van der Waals surface area (Å²) in [4.78, 5) is 24.2. The van der Waals surface area contributed by atoms with Crippen molar-refractivity contribution in [3.05, 3.63) is 41.3 Å². The van der Waals surface area contributed by atoms with Gasteiger partial charge in [0.2, 0.25) is 11.9 Å². The van der Waals surface area contributed by atoms with Crippen molar-refractivity contribution in [2.75, 3.05) is 10.6 Å². The Morgan fingerprint density at radius 3 is 2.82 bits per heavy atom. The Kier molecular flexibility index (Phi) is 5.61. The topological polar surface area (TPSA) is 146 Å². The van der Waals surface area contributed by atoms with Crippen LogP contribution in [0.15, 0.2) is 30.6 Å². The lowest BCUT2D eigenvalue weighted by Crippen LogP contribution is -2.14. The molecule has 4 aromatic heterocycles. The summed E-state index contributed by atoms with van der Waals surface area (Å²) in [6, 6.07) is 7.20. The van der Waals surface area contributed by atoms with E-state index in [1.54, 1.807) is 43.7 Å². The number of H-pyrrole nitrogens is 1. The fourth-order valence-electron chi connectivity index (χ4n) is 3.03. The Hall–Kier alpha value is -4.17. The maximum atomic E-state index is 11.3. The largest absolute Gasteiger partial charge is 0.454 e. The number of rotatable bonds is 6. The lowest BCUT2D eigenvalue weighted by molar-refractivity contribution is -0.114. The minimum atomic E-state index is -0.705. The van der Waals surface area contributed by atoms with Crippen LogP contribution in [0.2, 0.25) is 5.02 Å². The molecule has 0 fully saturated rings. The monoisotopic (exact) mass is 465 g/mol. The molecular weight excluding hydrogens is 446 g/mol. The van der Waals surface area contributed by atoms with Gasteiger partial charge in [-0.05, 0) is 19.9 Å². The molecule has 4 rings (SSSR count). The van der Waals surface area contributed by atoms with Crippen molar-refractivity contribution in [3.8, 4) is 17.6 Å². The number of nitrogens with zero attached hydrogens (tertiary/aromatic N) is 6. The molecule has 4 aromatic rings. The van der Waals surface area contributed by atoms with E-state index in [2.05, 4.69) is 41.9 Å². The molecule has 3 N–H and O–H groups in total. The van der Waals surface area contributed by atoms with Crippen molar-refractivity contribution < 1.29 is 9.53 Å². The Labute approximate surface area is 193 Å². The number of aromatic nitrogens is 6. The van der Waals surface area contributed by atoms with Gasteiger partial charge in [-0.2, -0.15) is 15.3 Å². The van der Waals surface area contributed by atoms with Gasteiger partial charge >= 0.3 is 0 Å². The van der Waals surface area contributed by atoms with Crippen LogP contribution in [0.3, 0.4) is 0 Å². The van der Waals surface area contributed by atoms with Crippen LogP contribution in [-0.4, -0.2) is 35.6 Å². The maximum Gasteiger partial charge on any atom is 0.222 e. The predicted molar refractivity (Wildman–Crippen MR) is 123 cm³/mol. The van der Waals surface area contributed by atoms with E-state index in [-0.39, 0.29) is 5.91 Å². The van der Waals surface area contributed by atoms with Crippen LogP contribution in [0.1, 0.15) is 26.5 Å². The summed E-state index contributed by atoms with van der Waals surface area (Å²) in [6.07, 6.45) is 2.99. The van der Waals surface area contributed by atoms with Crippen LogP contribution < -0.4 is 15.4 Å². The number of nitrogens with one attached hydrogen (secondary N) is 3. The van der Waals surface area contributed by atoms with Crippen molar-refractivity contribution in [1.82, 2.24) is 29.7 Å². The molecule has 4 heterocycles. The molecule has 0 saturated heterocycles. The molecule has 1 amide bonds. The van der Waals surface area contributed by atoms with E-state index in [1.807, 2.05) is 0 Å². The fourth-order valence-corrected chi connectivity index (χ4v) is 3.33. The molecule has 11 nitrogen and oxygen atoms in total. The van der Waals surface area contributed by atoms with Gasteiger partial charge < -0.3 is 19.9 Å². The zero-order valence-electron chi connectivity index (χ0n) is 18.3. The number of nitriles is 1. The van der Waals surface area contributed by atoms with Crippen molar-refractivity contribution >= 4 is 46.3 Å². The number of ether oxygens (including phenoxy) is 1. The van der Waals surface area contributed by atoms with Crippen molar-refractivity contribution in [2.24, 2.45) is 7.05 Å². The number of hydrogen-bond donors (Lipinski definition) is 3. The quantitative estimate of drug-likeness (QED) is 0.386. The smallest absolute Gasteiger partial charge is 0.222 e. The van der Waals surface area contributed by atoms with E-state index in [9.17, 15) is 10.1 Å². The Bertz CT molecular complexity index is 1400. The highest BCUT2D eigenvalue weighted by Gasteiger charge is 2.23. The average Bonchev–Trinajstić information content (AvgIpc) is 3.36. The van der Waals surface area contributed by atoms with Crippen molar-refractivity contribution in [2.45, 2.75) is 26.2 Å². The summed E-state index contributed by atoms with van der Waals surface area (Å²) in [5.41, 5.74) is 0.942. The van der Waals surface area contributed by atoms with Crippen LogP contribution in [0.5, 0.6) is 11.5 Å². The molecule has 0 aliphatic rings. The minimum Gasteiger partial charge on any atom is -0.454 e. The van der Waals surface area contributed by atoms with Gasteiger partial charge in [-0.3, -0.25) is 9.89 Å². The Balaban J connectivity index is 1.62.